The number of pyridine rings is 1. The van der Waals surface area contributed by atoms with E-state index in [0.29, 0.717) is 0 Å². The summed E-state index contributed by atoms with van der Waals surface area (Å²) >= 11 is 0. The molecule has 0 aromatic carbocycles. The van der Waals surface area contributed by atoms with Crippen LogP contribution in [0.2, 0.25) is 0 Å². The summed E-state index contributed by atoms with van der Waals surface area (Å²) in [6.45, 7) is 11.1. The lowest BCUT2D eigenvalue weighted by molar-refractivity contribution is -0.114. The van der Waals surface area contributed by atoms with E-state index in [2.05, 4.69) is 18.0 Å². The fraction of sp³-hybridized carbons (Fsp3) is 0.500. The zero-order chi connectivity index (χ0) is 11.6. The molecule has 0 N–H and O–H groups in total. The maximum Gasteiger partial charge on any atom is 0.126 e. The number of aryl methyl sites for hydroxylation is 2. The molecule has 14 heavy (non-hydrogen) atoms. The van der Waals surface area contributed by atoms with E-state index in [0.717, 1.165) is 5.69 Å². The van der Waals surface area contributed by atoms with Gasteiger partial charge >= 0.3 is 0 Å². The average molecular weight is 195 g/mol. The first-order valence-electron chi connectivity index (χ1n) is 4.89. The average Bonchev–Trinajstić information content (AvgIpc) is 2.13. The van der Waals surface area contributed by atoms with E-state index in [9.17, 15) is 4.79 Å². The number of hydrogen-bond donors (Lipinski definition) is 0. The second kappa shape index (κ2) is 9.90. The van der Waals surface area contributed by atoms with Crippen molar-refractivity contribution in [3.8, 4) is 0 Å². The standard InChI is InChI=1S/C7H9N.C3H6O.C2H6/c1-6-4-3-5-8-7(6)2;1-3(2)4;1-2/h3-5H,1-2H3;1-2H3;1-2H3. The van der Waals surface area contributed by atoms with Crippen molar-refractivity contribution in [2.75, 3.05) is 0 Å². The number of rotatable bonds is 0. The molecular weight excluding hydrogens is 174 g/mol. The Bertz CT molecular complexity index is 231. The minimum absolute atomic E-state index is 0.167. The first-order valence-corrected chi connectivity index (χ1v) is 4.89. The number of carbonyl (C=O) groups excluding carboxylic acids is 1. The number of Topliss-reactive ketones (excluding diaryl/α,β-unsaturated/α-hetero) is 1. The highest BCUT2D eigenvalue weighted by atomic mass is 16.1. The van der Waals surface area contributed by atoms with Crippen molar-refractivity contribution >= 4 is 5.78 Å². The zero-order valence-corrected chi connectivity index (χ0v) is 10.1. The van der Waals surface area contributed by atoms with Crippen molar-refractivity contribution in [2.45, 2.75) is 41.5 Å². The van der Waals surface area contributed by atoms with Gasteiger partial charge in [-0.25, -0.2) is 0 Å². The summed E-state index contributed by atoms with van der Waals surface area (Å²) in [5.74, 6) is 0.167. The first kappa shape index (κ1) is 15.3. The van der Waals surface area contributed by atoms with Gasteiger partial charge in [-0.3, -0.25) is 4.98 Å². The minimum Gasteiger partial charge on any atom is -0.300 e. The molecule has 0 saturated heterocycles. The highest BCUT2D eigenvalue weighted by Crippen LogP contribution is 1.98. The molecule has 1 aromatic rings. The van der Waals surface area contributed by atoms with Gasteiger partial charge in [0.25, 0.3) is 0 Å². The molecule has 0 spiro atoms. The number of hydrogen-bond acceptors (Lipinski definition) is 2. The fourth-order valence-corrected chi connectivity index (χ4v) is 0.565. The molecule has 0 unspecified atom stereocenters. The van der Waals surface area contributed by atoms with E-state index in [4.69, 9.17) is 0 Å². The van der Waals surface area contributed by atoms with Crippen LogP contribution in [0.15, 0.2) is 18.3 Å². The molecule has 0 aliphatic carbocycles. The minimum atomic E-state index is 0.167. The molecule has 0 amide bonds. The van der Waals surface area contributed by atoms with Gasteiger partial charge in [-0.1, -0.05) is 19.9 Å². The SMILES string of the molecule is CC.CC(C)=O.Cc1cccnc1C. The van der Waals surface area contributed by atoms with Crippen LogP contribution < -0.4 is 0 Å². The van der Waals surface area contributed by atoms with Gasteiger partial charge in [0.1, 0.15) is 5.78 Å². The van der Waals surface area contributed by atoms with E-state index in [1.54, 1.807) is 0 Å². The largest absolute Gasteiger partial charge is 0.300 e. The highest BCUT2D eigenvalue weighted by Gasteiger charge is 1.85. The fourth-order valence-electron chi connectivity index (χ4n) is 0.565. The third-order valence-electron chi connectivity index (χ3n) is 1.27. The highest BCUT2D eigenvalue weighted by molar-refractivity contribution is 5.72. The van der Waals surface area contributed by atoms with Gasteiger partial charge in [-0.15, -0.1) is 0 Å². The van der Waals surface area contributed by atoms with E-state index < -0.39 is 0 Å². The van der Waals surface area contributed by atoms with E-state index in [1.165, 1.54) is 19.4 Å². The molecule has 1 aromatic heterocycles. The first-order chi connectivity index (χ1) is 6.54. The predicted molar refractivity (Wildman–Crippen MR) is 61.4 cm³/mol. The predicted octanol–water partition coefficient (Wildman–Crippen LogP) is 3.32. The molecule has 0 radical (unpaired) electrons. The molecule has 0 aliphatic rings. The molecule has 80 valence electrons. The Balaban J connectivity index is 0. The van der Waals surface area contributed by atoms with Crippen molar-refractivity contribution in [3.05, 3.63) is 29.6 Å². The molecule has 0 bridgehead atoms. The van der Waals surface area contributed by atoms with Crippen LogP contribution in [0.1, 0.15) is 39.0 Å². The molecule has 1 rings (SSSR count). The Hall–Kier alpha value is -1.18. The van der Waals surface area contributed by atoms with Crippen LogP contribution in [0.5, 0.6) is 0 Å². The van der Waals surface area contributed by atoms with Crippen molar-refractivity contribution in [1.82, 2.24) is 4.98 Å². The summed E-state index contributed by atoms with van der Waals surface area (Å²) in [7, 11) is 0. The lowest BCUT2D eigenvalue weighted by atomic mass is 10.2. The molecule has 0 saturated carbocycles. The summed E-state index contributed by atoms with van der Waals surface area (Å²) in [6.07, 6.45) is 1.81. The topological polar surface area (TPSA) is 30.0 Å². The third-order valence-corrected chi connectivity index (χ3v) is 1.27. The maximum absolute atomic E-state index is 9.44. The summed E-state index contributed by atoms with van der Waals surface area (Å²) in [5, 5.41) is 0. The van der Waals surface area contributed by atoms with E-state index in [1.807, 2.05) is 33.0 Å². The molecule has 0 aliphatic heterocycles. The van der Waals surface area contributed by atoms with Crippen LogP contribution in [-0.4, -0.2) is 10.8 Å². The van der Waals surface area contributed by atoms with E-state index >= 15 is 0 Å². The van der Waals surface area contributed by atoms with Crippen molar-refractivity contribution in [3.63, 3.8) is 0 Å². The smallest absolute Gasteiger partial charge is 0.126 e. The van der Waals surface area contributed by atoms with Gasteiger partial charge in [-0.2, -0.15) is 0 Å². The Morgan fingerprint density at radius 3 is 1.86 bits per heavy atom. The van der Waals surface area contributed by atoms with Crippen LogP contribution in [0.4, 0.5) is 0 Å². The summed E-state index contributed by atoms with van der Waals surface area (Å²) in [5.41, 5.74) is 2.38. The zero-order valence-electron chi connectivity index (χ0n) is 10.1. The number of nitrogens with zero attached hydrogens (tertiary/aromatic N) is 1. The van der Waals surface area contributed by atoms with Gasteiger partial charge in [0.15, 0.2) is 0 Å². The molecule has 1 heterocycles. The molecule has 2 nitrogen and oxygen atoms in total. The lowest BCUT2D eigenvalue weighted by Gasteiger charge is -1.92. The molecular formula is C12H21NO. The Kier molecular flexibility index (Phi) is 10.8. The van der Waals surface area contributed by atoms with Crippen LogP contribution in [0, 0.1) is 13.8 Å². The van der Waals surface area contributed by atoms with Crippen molar-refractivity contribution < 1.29 is 4.79 Å². The number of carbonyl (C=O) groups is 1. The molecule has 2 heteroatoms. The third kappa shape index (κ3) is 10.8. The maximum atomic E-state index is 9.44. The van der Waals surface area contributed by atoms with Crippen molar-refractivity contribution in [2.24, 2.45) is 0 Å². The van der Waals surface area contributed by atoms with Gasteiger partial charge in [0, 0.05) is 11.9 Å². The molecule has 0 atom stereocenters. The quantitative estimate of drug-likeness (QED) is 0.635. The number of ketones is 1. The Morgan fingerprint density at radius 1 is 1.21 bits per heavy atom. The van der Waals surface area contributed by atoms with Gasteiger partial charge in [0.2, 0.25) is 0 Å². The monoisotopic (exact) mass is 195 g/mol. The van der Waals surface area contributed by atoms with Crippen molar-refractivity contribution in [1.29, 1.82) is 0 Å². The van der Waals surface area contributed by atoms with Crippen LogP contribution in [-0.2, 0) is 4.79 Å². The summed E-state index contributed by atoms with van der Waals surface area (Å²) < 4.78 is 0. The van der Waals surface area contributed by atoms with Crippen LogP contribution in [0.3, 0.4) is 0 Å². The molecule has 0 fully saturated rings. The van der Waals surface area contributed by atoms with Gasteiger partial charge in [-0.05, 0) is 39.3 Å². The Labute approximate surface area is 87.4 Å². The van der Waals surface area contributed by atoms with Gasteiger partial charge in [0.05, 0.1) is 0 Å². The van der Waals surface area contributed by atoms with E-state index in [-0.39, 0.29) is 5.78 Å². The van der Waals surface area contributed by atoms with Gasteiger partial charge < -0.3 is 4.79 Å². The Morgan fingerprint density at radius 2 is 1.64 bits per heavy atom. The normalized spacial score (nSPS) is 7.57. The second-order valence-electron chi connectivity index (χ2n) is 2.81. The van der Waals surface area contributed by atoms with Crippen LogP contribution >= 0.6 is 0 Å². The lowest BCUT2D eigenvalue weighted by Crippen LogP contribution is -1.81. The number of aromatic nitrogens is 1. The summed E-state index contributed by atoms with van der Waals surface area (Å²) in [4.78, 5) is 13.5. The summed E-state index contributed by atoms with van der Waals surface area (Å²) in [6, 6.07) is 4.00. The second-order valence-corrected chi connectivity index (χ2v) is 2.81. The van der Waals surface area contributed by atoms with Crippen LogP contribution in [0.25, 0.3) is 0 Å².